The van der Waals surface area contributed by atoms with Crippen LogP contribution in [0.25, 0.3) is 0 Å². The van der Waals surface area contributed by atoms with Gasteiger partial charge in [0.2, 0.25) is 5.91 Å². The number of aliphatic hydroxyl groups is 1. The van der Waals surface area contributed by atoms with E-state index < -0.39 is 6.10 Å². The summed E-state index contributed by atoms with van der Waals surface area (Å²) < 4.78 is 0. The van der Waals surface area contributed by atoms with E-state index in [1.807, 2.05) is 0 Å². The van der Waals surface area contributed by atoms with Crippen LogP contribution in [0.1, 0.15) is 12.8 Å². The minimum Gasteiger partial charge on any atom is -0.391 e. The van der Waals surface area contributed by atoms with Crippen LogP contribution in [0.5, 0.6) is 0 Å². The third-order valence-corrected chi connectivity index (χ3v) is 2.92. The molecular formula is C9H13NO2. The molecule has 2 rings (SSSR count). The average Bonchev–Trinajstić information content (AvgIpc) is 2.52. The summed E-state index contributed by atoms with van der Waals surface area (Å²) in [6, 6.07) is 0.227. The third-order valence-electron chi connectivity index (χ3n) is 2.92. The second-order valence-corrected chi connectivity index (χ2v) is 3.53. The zero-order valence-corrected chi connectivity index (χ0v) is 6.94. The first-order chi connectivity index (χ1) is 5.74. The molecule has 0 aromatic carbocycles. The predicted octanol–water partition coefficient (Wildman–Crippen LogP) is 0.154. The van der Waals surface area contributed by atoms with Gasteiger partial charge in [0, 0.05) is 24.9 Å². The highest BCUT2D eigenvalue weighted by Gasteiger charge is 2.44. The van der Waals surface area contributed by atoms with Crippen molar-refractivity contribution in [2.45, 2.75) is 25.0 Å². The smallest absolute Gasteiger partial charge is 0.223 e. The molecule has 2 aliphatic heterocycles. The number of nitrogens with zero attached hydrogens (tertiary/aromatic N) is 1. The Morgan fingerprint density at radius 3 is 3.08 bits per heavy atom. The van der Waals surface area contributed by atoms with Crippen molar-refractivity contribution in [3.8, 4) is 0 Å². The summed E-state index contributed by atoms with van der Waals surface area (Å²) in [7, 11) is 0. The maximum absolute atomic E-state index is 11.2. The van der Waals surface area contributed by atoms with Crippen LogP contribution in [0, 0.1) is 5.92 Å². The van der Waals surface area contributed by atoms with Crippen molar-refractivity contribution in [2.75, 3.05) is 6.54 Å². The van der Waals surface area contributed by atoms with Gasteiger partial charge in [0.1, 0.15) is 0 Å². The van der Waals surface area contributed by atoms with E-state index in [0.29, 0.717) is 13.0 Å². The molecule has 0 saturated carbocycles. The van der Waals surface area contributed by atoms with Crippen molar-refractivity contribution in [1.82, 2.24) is 4.90 Å². The second-order valence-electron chi connectivity index (χ2n) is 3.53. The lowest BCUT2D eigenvalue weighted by molar-refractivity contribution is -0.128. The summed E-state index contributed by atoms with van der Waals surface area (Å²) in [5.74, 6) is 0.278. The number of aliphatic hydroxyl groups excluding tert-OH is 1. The molecular weight excluding hydrogens is 154 g/mol. The van der Waals surface area contributed by atoms with E-state index in [-0.39, 0.29) is 17.9 Å². The van der Waals surface area contributed by atoms with Gasteiger partial charge < -0.3 is 10.0 Å². The lowest BCUT2D eigenvalue weighted by Crippen LogP contribution is -2.28. The predicted molar refractivity (Wildman–Crippen MR) is 44.4 cm³/mol. The molecule has 3 heteroatoms. The molecule has 2 saturated heterocycles. The Hall–Kier alpha value is -0.830. The highest BCUT2D eigenvalue weighted by Crippen LogP contribution is 2.34. The summed E-state index contributed by atoms with van der Waals surface area (Å²) in [6.45, 7) is 4.18. The van der Waals surface area contributed by atoms with E-state index in [9.17, 15) is 9.90 Å². The Bertz CT molecular complexity index is 225. The summed E-state index contributed by atoms with van der Waals surface area (Å²) in [5.41, 5.74) is 0. The quantitative estimate of drug-likeness (QED) is 0.565. The highest BCUT2D eigenvalue weighted by atomic mass is 16.3. The maximum atomic E-state index is 11.2. The van der Waals surface area contributed by atoms with E-state index in [1.165, 1.54) is 0 Å². The van der Waals surface area contributed by atoms with Gasteiger partial charge in [-0.25, -0.2) is 0 Å². The fraction of sp³-hybridized carbons (Fsp3) is 0.667. The first-order valence-electron chi connectivity index (χ1n) is 4.34. The van der Waals surface area contributed by atoms with Gasteiger partial charge in [0.25, 0.3) is 0 Å². The Labute approximate surface area is 71.7 Å². The molecule has 0 spiro atoms. The standard InChI is InChI=1S/C9H13NO2/c1-2-6-7-3-4-9(12)10(7)5-8(6)11/h2,6-8,11H,1,3-5H2/t6-,7-,8-/m1/s1. The zero-order valence-electron chi connectivity index (χ0n) is 6.94. The summed E-state index contributed by atoms with van der Waals surface area (Å²) in [5, 5.41) is 9.55. The highest BCUT2D eigenvalue weighted by molar-refractivity contribution is 5.79. The molecule has 12 heavy (non-hydrogen) atoms. The lowest BCUT2D eigenvalue weighted by Gasteiger charge is -2.16. The molecule has 0 aliphatic carbocycles. The molecule has 2 fully saturated rings. The number of amides is 1. The van der Waals surface area contributed by atoms with Crippen LogP contribution in [0.2, 0.25) is 0 Å². The molecule has 3 nitrogen and oxygen atoms in total. The number of rotatable bonds is 1. The fourth-order valence-electron chi connectivity index (χ4n) is 2.29. The van der Waals surface area contributed by atoms with E-state index in [4.69, 9.17) is 0 Å². The SMILES string of the molecule is C=C[C@H]1[C@H](O)CN2C(=O)CC[C@H]12. The summed E-state index contributed by atoms with van der Waals surface area (Å²) >= 11 is 0. The number of carbonyl (C=O) groups excluding carboxylic acids is 1. The molecule has 1 N–H and O–H groups in total. The minimum absolute atomic E-state index is 0.0939. The number of fused-ring (bicyclic) bond motifs is 1. The summed E-state index contributed by atoms with van der Waals surface area (Å²) in [6.07, 6.45) is 2.90. The van der Waals surface area contributed by atoms with Crippen LogP contribution in [0.15, 0.2) is 12.7 Å². The van der Waals surface area contributed by atoms with Crippen LogP contribution in [-0.2, 0) is 4.79 Å². The van der Waals surface area contributed by atoms with Crippen LogP contribution in [0.4, 0.5) is 0 Å². The van der Waals surface area contributed by atoms with Gasteiger partial charge in [-0.2, -0.15) is 0 Å². The van der Waals surface area contributed by atoms with Crippen molar-refractivity contribution in [3.05, 3.63) is 12.7 Å². The molecule has 0 unspecified atom stereocenters. The number of carbonyl (C=O) groups is 1. The summed E-state index contributed by atoms with van der Waals surface area (Å²) in [4.78, 5) is 13.0. The Morgan fingerprint density at radius 2 is 2.42 bits per heavy atom. The first kappa shape index (κ1) is 7.80. The fourth-order valence-corrected chi connectivity index (χ4v) is 2.29. The van der Waals surface area contributed by atoms with Gasteiger partial charge in [-0.3, -0.25) is 4.79 Å². The topological polar surface area (TPSA) is 40.5 Å². The minimum atomic E-state index is -0.392. The molecule has 2 heterocycles. The molecule has 2 aliphatic rings. The first-order valence-corrected chi connectivity index (χ1v) is 4.34. The third kappa shape index (κ3) is 0.894. The van der Waals surface area contributed by atoms with E-state index >= 15 is 0 Å². The molecule has 3 atom stereocenters. The molecule has 0 aromatic heterocycles. The normalized spacial score (nSPS) is 40.2. The van der Waals surface area contributed by atoms with Crippen LogP contribution in [0.3, 0.4) is 0 Å². The van der Waals surface area contributed by atoms with Crippen molar-refractivity contribution < 1.29 is 9.90 Å². The van der Waals surface area contributed by atoms with Gasteiger partial charge >= 0.3 is 0 Å². The molecule has 1 amide bonds. The molecule has 0 aromatic rings. The van der Waals surface area contributed by atoms with Gasteiger partial charge in [-0.15, -0.1) is 6.58 Å². The lowest BCUT2D eigenvalue weighted by atomic mass is 9.97. The zero-order chi connectivity index (χ0) is 8.72. The van der Waals surface area contributed by atoms with Crippen molar-refractivity contribution in [2.24, 2.45) is 5.92 Å². The van der Waals surface area contributed by atoms with E-state index in [2.05, 4.69) is 6.58 Å². The second kappa shape index (κ2) is 2.59. The van der Waals surface area contributed by atoms with E-state index in [0.717, 1.165) is 6.42 Å². The Kier molecular flexibility index (Phi) is 1.68. The number of hydrogen-bond donors (Lipinski definition) is 1. The molecule has 66 valence electrons. The van der Waals surface area contributed by atoms with Gasteiger partial charge in [-0.05, 0) is 6.42 Å². The van der Waals surface area contributed by atoms with Crippen LogP contribution < -0.4 is 0 Å². The largest absolute Gasteiger partial charge is 0.391 e. The van der Waals surface area contributed by atoms with Crippen LogP contribution >= 0.6 is 0 Å². The Morgan fingerprint density at radius 1 is 1.67 bits per heavy atom. The Balaban J connectivity index is 2.20. The van der Waals surface area contributed by atoms with Crippen molar-refractivity contribution in [1.29, 1.82) is 0 Å². The van der Waals surface area contributed by atoms with Crippen molar-refractivity contribution >= 4 is 5.91 Å². The number of hydrogen-bond acceptors (Lipinski definition) is 2. The van der Waals surface area contributed by atoms with Gasteiger partial charge in [0.05, 0.1) is 6.10 Å². The van der Waals surface area contributed by atoms with Gasteiger partial charge in [-0.1, -0.05) is 6.08 Å². The maximum Gasteiger partial charge on any atom is 0.223 e. The molecule has 0 radical (unpaired) electrons. The van der Waals surface area contributed by atoms with Crippen LogP contribution in [-0.4, -0.2) is 34.6 Å². The molecule has 0 bridgehead atoms. The van der Waals surface area contributed by atoms with Gasteiger partial charge in [0.15, 0.2) is 0 Å². The van der Waals surface area contributed by atoms with E-state index in [1.54, 1.807) is 11.0 Å². The average molecular weight is 167 g/mol. The monoisotopic (exact) mass is 167 g/mol. The van der Waals surface area contributed by atoms with Crippen molar-refractivity contribution in [3.63, 3.8) is 0 Å².